The lowest BCUT2D eigenvalue weighted by Gasteiger charge is -2.48. The van der Waals surface area contributed by atoms with E-state index in [9.17, 15) is 0 Å². The van der Waals surface area contributed by atoms with Crippen LogP contribution in [-0.2, 0) is 0 Å². The molecule has 0 aromatic rings. The van der Waals surface area contributed by atoms with Gasteiger partial charge in [0.1, 0.15) is 0 Å². The Balaban J connectivity index is 1.61. The summed E-state index contributed by atoms with van der Waals surface area (Å²) in [5.74, 6) is 1.92. The van der Waals surface area contributed by atoms with Gasteiger partial charge in [-0.2, -0.15) is 0 Å². The van der Waals surface area contributed by atoms with Crippen LogP contribution < -0.4 is 5.32 Å². The molecule has 1 heterocycles. The molecule has 1 saturated heterocycles. The summed E-state index contributed by atoms with van der Waals surface area (Å²) in [6, 6.07) is 0.808. The van der Waals surface area contributed by atoms with Crippen LogP contribution in [0.5, 0.6) is 0 Å². The molecule has 98 valence electrons. The van der Waals surface area contributed by atoms with Crippen LogP contribution >= 0.6 is 0 Å². The van der Waals surface area contributed by atoms with Crippen LogP contribution in [0.4, 0.5) is 0 Å². The molecule has 2 saturated carbocycles. The highest BCUT2D eigenvalue weighted by Crippen LogP contribution is 2.42. The number of hydrogen-bond acceptors (Lipinski definition) is 2. The fourth-order valence-corrected chi connectivity index (χ4v) is 4.22. The number of piperazine rings is 1. The van der Waals surface area contributed by atoms with Gasteiger partial charge >= 0.3 is 0 Å². The molecule has 3 rings (SSSR count). The Hall–Kier alpha value is -0.0800. The third-order valence-corrected chi connectivity index (χ3v) is 5.53. The quantitative estimate of drug-likeness (QED) is 0.793. The van der Waals surface area contributed by atoms with Crippen molar-refractivity contribution in [2.45, 2.75) is 63.5 Å². The van der Waals surface area contributed by atoms with E-state index >= 15 is 0 Å². The summed E-state index contributed by atoms with van der Waals surface area (Å²) in [5, 5.41) is 3.89. The zero-order chi connectivity index (χ0) is 11.9. The minimum absolute atomic E-state index is 0.417. The molecule has 2 unspecified atom stereocenters. The molecular formula is C15H28N2. The minimum atomic E-state index is 0.417. The van der Waals surface area contributed by atoms with Crippen molar-refractivity contribution < 1.29 is 0 Å². The predicted octanol–water partition coefficient (Wildman–Crippen LogP) is 2.64. The monoisotopic (exact) mass is 236 g/mol. The van der Waals surface area contributed by atoms with Gasteiger partial charge in [0, 0.05) is 24.7 Å². The Bertz CT molecular complexity index is 268. The highest BCUT2D eigenvalue weighted by Gasteiger charge is 2.46. The number of rotatable bonds is 2. The normalized spacial score (nSPS) is 41.6. The summed E-state index contributed by atoms with van der Waals surface area (Å²) in [7, 11) is 2.36. The van der Waals surface area contributed by atoms with Crippen LogP contribution in [0.3, 0.4) is 0 Å². The zero-order valence-electron chi connectivity index (χ0n) is 11.5. The van der Waals surface area contributed by atoms with Crippen molar-refractivity contribution in [2.24, 2.45) is 11.8 Å². The summed E-state index contributed by atoms with van der Waals surface area (Å²) in [4.78, 5) is 2.67. The molecule has 3 fully saturated rings. The molecule has 0 radical (unpaired) electrons. The van der Waals surface area contributed by atoms with Crippen molar-refractivity contribution in [3.63, 3.8) is 0 Å². The van der Waals surface area contributed by atoms with Crippen molar-refractivity contribution in [2.75, 3.05) is 20.1 Å². The van der Waals surface area contributed by atoms with Crippen LogP contribution in [0.25, 0.3) is 0 Å². The molecule has 2 nitrogen and oxygen atoms in total. The Morgan fingerprint density at radius 3 is 2.35 bits per heavy atom. The molecule has 0 spiro atoms. The van der Waals surface area contributed by atoms with E-state index in [1.54, 1.807) is 0 Å². The lowest BCUT2D eigenvalue weighted by Crippen LogP contribution is -2.64. The number of nitrogens with one attached hydrogen (secondary N) is 1. The SMILES string of the molecule is CN1CC(C)(C2CC2)NCC1C1CCCCC1. The third-order valence-electron chi connectivity index (χ3n) is 5.53. The average molecular weight is 236 g/mol. The van der Waals surface area contributed by atoms with E-state index < -0.39 is 0 Å². The fraction of sp³-hybridized carbons (Fsp3) is 1.00. The summed E-state index contributed by atoms with van der Waals surface area (Å²) in [5.41, 5.74) is 0.417. The fourth-order valence-electron chi connectivity index (χ4n) is 4.22. The molecular weight excluding hydrogens is 208 g/mol. The lowest BCUT2D eigenvalue weighted by molar-refractivity contribution is 0.0542. The van der Waals surface area contributed by atoms with E-state index in [0.717, 1.165) is 17.9 Å². The molecule has 2 heteroatoms. The van der Waals surface area contributed by atoms with Gasteiger partial charge in [-0.15, -0.1) is 0 Å². The van der Waals surface area contributed by atoms with Gasteiger partial charge in [0.2, 0.25) is 0 Å². The van der Waals surface area contributed by atoms with Crippen molar-refractivity contribution in [1.82, 2.24) is 10.2 Å². The Morgan fingerprint density at radius 1 is 1.06 bits per heavy atom. The van der Waals surface area contributed by atoms with Gasteiger partial charge in [0.25, 0.3) is 0 Å². The third kappa shape index (κ3) is 2.39. The molecule has 2 atom stereocenters. The maximum atomic E-state index is 3.89. The first kappa shape index (κ1) is 12.0. The summed E-state index contributed by atoms with van der Waals surface area (Å²) in [6.07, 6.45) is 10.2. The van der Waals surface area contributed by atoms with Gasteiger partial charge < -0.3 is 10.2 Å². The number of likely N-dealkylation sites (N-methyl/N-ethyl adjacent to an activating group) is 1. The average Bonchev–Trinajstić information content (AvgIpc) is 3.14. The van der Waals surface area contributed by atoms with E-state index in [-0.39, 0.29) is 0 Å². The van der Waals surface area contributed by atoms with Crippen LogP contribution in [0, 0.1) is 11.8 Å². The van der Waals surface area contributed by atoms with Crippen molar-refractivity contribution in [1.29, 1.82) is 0 Å². The van der Waals surface area contributed by atoms with Gasteiger partial charge in [-0.1, -0.05) is 19.3 Å². The molecule has 0 aromatic heterocycles. The Labute approximate surface area is 106 Å². The largest absolute Gasteiger partial charge is 0.308 e. The Kier molecular flexibility index (Phi) is 3.20. The zero-order valence-corrected chi connectivity index (χ0v) is 11.5. The standard InChI is InChI=1S/C15H28N2/c1-15(13-8-9-13)11-17(2)14(10-16-15)12-6-4-3-5-7-12/h12-14,16H,3-11H2,1-2H3. The maximum absolute atomic E-state index is 3.89. The van der Waals surface area contributed by atoms with Gasteiger partial charge in [-0.05, 0) is 51.5 Å². The first-order chi connectivity index (χ1) is 8.19. The molecule has 17 heavy (non-hydrogen) atoms. The maximum Gasteiger partial charge on any atom is 0.0309 e. The second kappa shape index (κ2) is 4.55. The molecule has 0 bridgehead atoms. The van der Waals surface area contributed by atoms with Crippen LogP contribution in [0.15, 0.2) is 0 Å². The second-order valence-corrected chi connectivity index (χ2v) is 6.95. The molecule has 1 aliphatic heterocycles. The van der Waals surface area contributed by atoms with Crippen molar-refractivity contribution >= 4 is 0 Å². The topological polar surface area (TPSA) is 15.3 Å². The summed E-state index contributed by atoms with van der Waals surface area (Å²) < 4.78 is 0. The molecule has 1 N–H and O–H groups in total. The number of nitrogens with zero attached hydrogens (tertiary/aromatic N) is 1. The molecule has 0 amide bonds. The predicted molar refractivity (Wildman–Crippen MR) is 72.1 cm³/mol. The van der Waals surface area contributed by atoms with E-state index in [1.165, 1.54) is 58.0 Å². The van der Waals surface area contributed by atoms with Crippen molar-refractivity contribution in [3.05, 3.63) is 0 Å². The summed E-state index contributed by atoms with van der Waals surface area (Å²) >= 11 is 0. The second-order valence-electron chi connectivity index (χ2n) is 6.95. The van der Waals surface area contributed by atoms with Gasteiger partial charge in [-0.3, -0.25) is 0 Å². The van der Waals surface area contributed by atoms with Crippen LogP contribution in [0.1, 0.15) is 51.9 Å². The van der Waals surface area contributed by atoms with Gasteiger partial charge in [-0.25, -0.2) is 0 Å². The van der Waals surface area contributed by atoms with Crippen LogP contribution in [-0.4, -0.2) is 36.6 Å². The highest BCUT2D eigenvalue weighted by atomic mass is 15.2. The molecule has 3 aliphatic rings. The van der Waals surface area contributed by atoms with Crippen LogP contribution in [0.2, 0.25) is 0 Å². The van der Waals surface area contributed by atoms with E-state index in [0.29, 0.717) is 5.54 Å². The van der Waals surface area contributed by atoms with E-state index in [4.69, 9.17) is 0 Å². The van der Waals surface area contributed by atoms with Crippen molar-refractivity contribution in [3.8, 4) is 0 Å². The first-order valence-electron chi connectivity index (χ1n) is 7.64. The number of hydrogen-bond donors (Lipinski definition) is 1. The highest BCUT2D eigenvalue weighted by molar-refractivity contribution is 5.04. The first-order valence-corrected chi connectivity index (χ1v) is 7.64. The van der Waals surface area contributed by atoms with E-state index in [1.807, 2.05) is 0 Å². The minimum Gasteiger partial charge on any atom is -0.308 e. The van der Waals surface area contributed by atoms with Gasteiger partial charge in [0.05, 0.1) is 0 Å². The molecule has 0 aromatic carbocycles. The molecule has 2 aliphatic carbocycles. The van der Waals surface area contributed by atoms with E-state index in [2.05, 4.69) is 24.2 Å². The van der Waals surface area contributed by atoms with Gasteiger partial charge in [0.15, 0.2) is 0 Å². The lowest BCUT2D eigenvalue weighted by atomic mass is 9.80. The Morgan fingerprint density at radius 2 is 1.76 bits per heavy atom. The smallest absolute Gasteiger partial charge is 0.0309 e. The summed E-state index contributed by atoms with van der Waals surface area (Å²) in [6.45, 7) is 4.94.